The molecular weight excluding hydrogens is 316 g/mol. The van der Waals surface area contributed by atoms with Crippen LogP contribution < -0.4 is 5.32 Å². The van der Waals surface area contributed by atoms with E-state index in [0.29, 0.717) is 12.0 Å². The first-order valence-electron chi connectivity index (χ1n) is 8.12. The zero-order valence-corrected chi connectivity index (χ0v) is 14.0. The number of hydrogen-bond acceptors (Lipinski definition) is 4. The molecule has 2 heterocycles. The van der Waals surface area contributed by atoms with Gasteiger partial charge in [-0.3, -0.25) is 9.78 Å². The lowest BCUT2D eigenvalue weighted by Crippen LogP contribution is -2.29. The highest BCUT2D eigenvalue weighted by molar-refractivity contribution is 5.95. The van der Waals surface area contributed by atoms with E-state index in [0.717, 1.165) is 16.9 Å². The summed E-state index contributed by atoms with van der Waals surface area (Å²) < 4.78 is 1.71. The van der Waals surface area contributed by atoms with Crippen molar-refractivity contribution in [3.63, 3.8) is 0 Å². The van der Waals surface area contributed by atoms with E-state index in [1.54, 1.807) is 23.3 Å². The van der Waals surface area contributed by atoms with Crippen molar-refractivity contribution in [3.8, 4) is 5.69 Å². The molecule has 0 aliphatic rings. The summed E-state index contributed by atoms with van der Waals surface area (Å²) in [6.07, 6.45) is 5.38. The maximum Gasteiger partial charge on any atom is 0.255 e. The fourth-order valence-corrected chi connectivity index (χ4v) is 2.75. The molecule has 128 valence electrons. The van der Waals surface area contributed by atoms with Crippen molar-refractivity contribution in [2.75, 3.05) is 6.61 Å². The minimum atomic E-state index is -0.248. The van der Waals surface area contributed by atoms with Gasteiger partial charge in [0.05, 0.1) is 29.2 Å². The number of carbonyl (C=O) groups excluding carboxylic acids is 1. The Balaban J connectivity index is 1.82. The van der Waals surface area contributed by atoms with E-state index in [2.05, 4.69) is 15.4 Å². The molecule has 0 spiro atoms. The lowest BCUT2D eigenvalue weighted by Gasteiger charge is -2.18. The van der Waals surface area contributed by atoms with Crippen LogP contribution in [0.4, 0.5) is 0 Å². The molecule has 0 fully saturated rings. The van der Waals surface area contributed by atoms with Gasteiger partial charge in [-0.25, -0.2) is 4.68 Å². The number of carbonyl (C=O) groups is 1. The van der Waals surface area contributed by atoms with Gasteiger partial charge in [-0.1, -0.05) is 30.3 Å². The number of benzene rings is 1. The predicted octanol–water partition coefficient (Wildman–Crippen LogP) is 2.43. The van der Waals surface area contributed by atoms with Gasteiger partial charge in [0, 0.05) is 19.0 Å². The van der Waals surface area contributed by atoms with Gasteiger partial charge >= 0.3 is 0 Å². The zero-order valence-electron chi connectivity index (χ0n) is 14.0. The summed E-state index contributed by atoms with van der Waals surface area (Å²) >= 11 is 0. The van der Waals surface area contributed by atoms with E-state index >= 15 is 0 Å². The number of nitrogens with zero attached hydrogens (tertiary/aromatic N) is 3. The number of rotatable bonds is 6. The smallest absolute Gasteiger partial charge is 0.255 e. The minimum Gasteiger partial charge on any atom is -0.396 e. The van der Waals surface area contributed by atoms with Crippen LogP contribution in [-0.2, 0) is 0 Å². The average molecular weight is 336 g/mol. The van der Waals surface area contributed by atoms with Gasteiger partial charge in [0.15, 0.2) is 0 Å². The largest absolute Gasteiger partial charge is 0.396 e. The Morgan fingerprint density at radius 2 is 1.92 bits per heavy atom. The molecular formula is C19H20N4O2. The van der Waals surface area contributed by atoms with E-state index in [9.17, 15) is 9.90 Å². The summed E-state index contributed by atoms with van der Waals surface area (Å²) in [6, 6.07) is 13.0. The molecule has 0 aliphatic carbocycles. The van der Waals surface area contributed by atoms with Gasteiger partial charge in [0.2, 0.25) is 0 Å². The predicted molar refractivity (Wildman–Crippen MR) is 94.4 cm³/mol. The molecule has 0 radical (unpaired) electrons. The third-order valence-corrected chi connectivity index (χ3v) is 4.09. The van der Waals surface area contributed by atoms with Crippen LogP contribution in [0.3, 0.4) is 0 Å². The Morgan fingerprint density at radius 3 is 2.60 bits per heavy atom. The van der Waals surface area contributed by atoms with Crippen molar-refractivity contribution >= 4 is 5.91 Å². The molecule has 3 aromatic rings. The van der Waals surface area contributed by atoms with E-state index in [1.807, 2.05) is 49.4 Å². The number of aromatic nitrogens is 3. The maximum absolute atomic E-state index is 12.7. The third-order valence-electron chi connectivity index (χ3n) is 4.09. The maximum atomic E-state index is 12.7. The molecule has 0 bridgehead atoms. The summed E-state index contributed by atoms with van der Waals surface area (Å²) in [5.41, 5.74) is 3.07. The first-order chi connectivity index (χ1) is 12.2. The molecule has 2 aromatic heterocycles. The summed E-state index contributed by atoms with van der Waals surface area (Å²) in [5, 5.41) is 16.6. The molecule has 25 heavy (non-hydrogen) atoms. The molecule has 0 saturated carbocycles. The summed E-state index contributed by atoms with van der Waals surface area (Å²) in [4.78, 5) is 16.7. The monoisotopic (exact) mass is 336 g/mol. The highest BCUT2D eigenvalue weighted by atomic mass is 16.3. The Bertz CT molecular complexity index is 831. The molecule has 1 atom stereocenters. The molecule has 6 nitrogen and oxygen atoms in total. The van der Waals surface area contributed by atoms with Crippen LogP contribution in [0.2, 0.25) is 0 Å². The number of aliphatic hydroxyl groups is 1. The third kappa shape index (κ3) is 3.75. The second kappa shape index (κ2) is 7.72. The van der Waals surface area contributed by atoms with Crippen LogP contribution in [0.15, 0.2) is 61.1 Å². The number of nitrogens with one attached hydrogen (secondary N) is 1. The highest BCUT2D eigenvalue weighted by Gasteiger charge is 2.19. The number of aliphatic hydroxyl groups excluding tert-OH is 1. The lowest BCUT2D eigenvalue weighted by molar-refractivity contribution is 0.0929. The summed E-state index contributed by atoms with van der Waals surface area (Å²) in [6.45, 7) is 1.85. The van der Waals surface area contributed by atoms with Crippen molar-refractivity contribution in [1.82, 2.24) is 20.1 Å². The Hall–Kier alpha value is -2.99. The number of hydrogen-bond donors (Lipinski definition) is 2. The molecule has 0 aliphatic heterocycles. The standard InChI is InChI=1S/C19H20N4O2/c1-14-17(13-21-23(14)16-7-10-20-11-8-16)19(25)22-18(9-12-24)15-5-3-2-4-6-15/h2-8,10-11,13,18,24H,9,12H2,1H3,(H,22,25). The molecule has 2 N–H and O–H groups in total. The van der Waals surface area contributed by atoms with Crippen LogP contribution >= 0.6 is 0 Å². The summed E-state index contributed by atoms with van der Waals surface area (Å²) in [7, 11) is 0. The number of pyridine rings is 1. The second-order valence-corrected chi connectivity index (χ2v) is 5.71. The first kappa shape index (κ1) is 16.9. The van der Waals surface area contributed by atoms with Gasteiger partial charge in [-0.2, -0.15) is 5.10 Å². The Kier molecular flexibility index (Phi) is 5.20. The average Bonchev–Trinajstić information content (AvgIpc) is 3.04. The van der Waals surface area contributed by atoms with Crippen LogP contribution in [0.5, 0.6) is 0 Å². The van der Waals surface area contributed by atoms with Crippen molar-refractivity contribution in [2.24, 2.45) is 0 Å². The normalized spacial score (nSPS) is 11.9. The molecule has 1 aromatic carbocycles. The fourth-order valence-electron chi connectivity index (χ4n) is 2.75. The quantitative estimate of drug-likeness (QED) is 0.724. The minimum absolute atomic E-state index is 0.00486. The first-order valence-corrected chi connectivity index (χ1v) is 8.12. The van der Waals surface area contributed by atoms with Crippen molar-refractivity contribution in [1.29, 1.82) is 0 Å². The van der Waals surface area contributed by atoms with Crippen LogP contribution in [0.25, 0.3) is 5.69 Å². The Morgan fingerprint density at radius 1 is 1.20 bits per heavy atom. The topological polar surface area (TPSA) is 80.0 Å². The fraction of sp³-hybridized carbons (Fsp3) is 0.211. The SMILES string of the molecule is Cc1c(C(=O)NC(CCO)c2ccccc2)cnn1-c1ccncc1. The van der Waals surface area contributed by atoms with E-state index in [4.69, 9.17) is 0 Å². The molecule has 3 rings (SSSR count). The van der Waals surface area contributed by atoms with Gasteiger partial charge in [0.1, 0.15) is 0 Å². The van der Waals surface area contributed by atoms with Gasteiger partial charge in [0.25, 0.3) is 5.91 Å². The molecule has 0 saturated heterocycles. The van der Waals surface area contributed by atoms with Crippen molar-refractivity contribution < 1.29 is 9.90 Å². The summed E-state index contributed by atoms with van der Waals surface area (Å²) in [5.74, 6) is -0.208. The van der Waals surface area contributed by atoms with E-state index in [-0.39, 0.29) is 18.6 Å². The van der Waals surface area contributed by atoms with Crippen LogP contribution in [0.1, 0.15) is 34.1 Å². The van der Waals surface area contributed by atoms with Crippen molar-refractivity contribution in [2.45, 2.75) is 19.4 Å². The molecule has 1 unspecified atom stereocenters. The van der Waals surface area contributed by atoms with Gasteiger partial charge in [-0.15, -0.1) is 0 Å². The Labute approximate surface area is 146 Å². The van der Waals surface area contributed by atoms with E-state index < -0.39 is 0 Å². The second-order valence-electron chi connectivity index (χ2n) is 5.71. The molecule has 1 amide bonds. The van der Waals surface area contributed by atoms with Crippen LogP contribution in [-0.4, -0.2) is 32.4 Å². The van der Waals surface area contributed by atoms with E-state index in [1.165, 1.54) is 0 Å². The highest BCUT2D eigenvalue weighted by Crippen LogP contribution is 2.19. The van der Waals surface area contributed by atoms with Crippen LogP contribution in [0, 0.1) is 6.92 Å². The van der Waals surface area contributed by atoms with Crippen molar-refractivity contribution in [3.05, 3.63) is 77.9 Å². The lowest BCUT2D eigenvalue weighted by atomic mass is 10.0. The van der Waals surface area contributed by atoms with Gasteiger partial charge in [-0.05, 0) is 31.0 Å². The zero-order chi connectivity index (χ0) is 17.6. The number of amides is 1. The molecule has 6 heteroatoms. The van der Waals surface area contributed by atoms with Gasteiger partial charge < -0.3 is 10.4 Å².